The number of ether oxygens (including phenoxy) is 1. The molecule has 0 saturated carbocycles. The summed E-state index contributed by atoms with van der Waals surface area (Å²) in [6.07, 6.45) is 2.27. The lowest BCUT2D eigenvalue weighted by atomic mass is 10.2. The first-order valence-corrected chi connectivity index (χ1v) is 6.69. The van der Waals surface area contributed by atoms with Gasteiger partial charge in [0.1, 0.15) is 11.6 Å². The molecule has 4 nitrogen and oxygen atoms in total. The van der Waals surface area contributed by atoms with E-state index in [1.807, 2.05) is 0 Å². The van der Waals surface area contributed by atoms with Gasteiger partial charge < -0.3 is 10.1 Å². The van der Waals surface area contributed by atoms with Gasteiger partial charge in [0.05, 0.1) is 0 Å². The fourth-order valence-electron chi connectivity index (χ4n) is 1.72. The van der Waals surface area contributed by atoms with E-state index in [0.29, 0.717) is 0 Å². The lowest BCUT2D eigenvalue weighted by molar-refractivity contribution is -0.142. The van der Waals surface area contributed by atoms with Gasteiger partial charge in [-0.25, -0.2) is 13.6 Å². The molecule has 2 aromatic rings. The van der Waals surface area contributed by atoms with E-state index in [4.69, 9.17) is 4.74 Å². The standard InChI is InChI=1S/C17H13F2NO3/c18-13-5-3-6-14(10-13)20-16(21)11-23-17(22)9-8-12-4-1-2-7-15(12)19/h1-10H,11H2,(H,20,21)/b9-8+. The Morgan fingerprint density at radius 1 is 1.09 bits per heavy atom. The summed E-state index contributed by atoms with van der Waals surface area (Å²) < 4.78 is 31.0. The van der Waals surface area contributed by atoms with E-state index >= 15 is 0 Å². The first-order chi connectivity index (χ1) is 11.0. The maximum absolute atomic E-state index is 13.3. The molecule has 0 aliphatic heterocycles. The van der Waals surface area contributed by atoms with Crippen molar-refractivity contribution in [2.45, 2.75) is 0 Å². The van der Waals surface area contributed by atoms with E-state index in [1.165, 1.54) is 42.5 Å². The lowest BCUT2D eigenvalue weighted by Gasteiger charge is -2.05. The van der Waals surface area contributed by atoms with Gasteiger partial charge in [-0.05, 0) is 30.3 Å². The van der Waals surface area contributed by atoms with Crippen molar-refractivity contribution >= 4 is 23.6 Å². The van der Waals surface area contributed by atoms with Crippen molar-refractivity contribution < 1.29 is 23.1 Å². The number of anilines is 1. The van der Waals surface area contributed by atoms with Crippen LogP contribution in [0.3, 0.4) is 0 Å². The minimum absolute atomic E-state index is 0.230. The molecule has 0 saturated heterocycles. The minimum Gasteiger partial charge on any atom is -0.452 e. The summed E-state index contributed by atoms with van der Waals surface area (Å²) in [5.41, 5.74) is 0.488. The third-order valence-corrected chi connectivity index (χ3v) is 2.76. The maximum Gasteiger partial charge on any atom is 0.331 e. The molecule has 0 radical (unpaired) electrons. The molecule has 0 aliphatic rings. The predicted octanol–water partition coefficient (Wildman–Crippen LogP) is 3.16. The number of amides is 1. The highest BCUT2D eigenvalue weighted by atomic mass is 19.1. The third-order valence-electron chi connectivity index (χ3n) is 2.76. The maximum atomic E-state index is 13.3. The van der Waals surface area contributed by atoms with E-state index in [1.54, 1.807) is 6.07 Å². The lowest BCUT2D eigenvalue weighted by Crippen LogP contribution is -2.20. The van der Waals surface area contributed by atoms with Gasteiger partial charge >= 0.3 is 5.97 Å². The topological polar surface area (TPSA) is 55.4 Å². The van der Waals surface area contributed by atoms with Crippen LogP contribution in [-0.4, -0.2) is 18.5 Å². The molecule has 0 aliphatic carbocycles. The van der Waals surface area contributed by atoms with Crippen LogP contribution in [0.4, 0.5) is 14.5 Å². The molecule has 0 aromatic heterocycles. The zero-order valence-corrected chi connectivity index (χ0v) is 12.0. The van der Waals surface area contributed by atoms with Crippen LogP contribution >= 0.6 is 0 Å². The molecule has 0 unspecified atom stereocenters. The van der Waals surface area contributed by atoms with E-state index in [-0.39, 0.29) is 11.3 Å². The number of halogens is 2. The van der Waals surface area contributed by atoms with Crippen LogP contribution in [0.5, 0.6) is 0 Å². The molecule has 6 heteroatoms. The summed E-state index contributed by atoms with van der Waals surface area (Å²) >= 11 is 0. The second-order valence-electron chi connectivity index (χ2n) is 4.52. The first-order valence-electron chi connectivity index (χ1n) is 6.69. The normalized spacial score (nSPS) is 10.5. The molecule has 23 heavy (non-hydrogen) atoms. The molecule has 0 bridgehead atoms. The molecule has 0 atom stereocenters. The Balaban J connectivity index is 1.82. The van der Waals surface area contributed by atoms with Gasteiger partial charge in [-0.15, -0.1) is 0 Å². The van der Waals surface area contributed by atoms with Crippen LogP contribution < -0.4 is 5.32 Å². The Morgan fingerprint density at radius 2 is 1.87 bits per heavy atom. The van der Waals surface area contributed by atoms with Gasteiger partial charge in [0.15, 0.2) is 6.61 Å². The van der Waals surface area contributed by atoms with E-state index < -0.39 is 30.1 Å². The Labute approximate surface area is 131 Å². The average molecular weight is 317 g/mol. The number of rotatable bonds is 5. The Hall–Kier alpha value is -3.02. The van der Waals surface area contributed by atoms with Crippen molar-refractivity contribution in [3.63, 3.8) is 0 Å². The minimum atomic E-state index is -0.789. The molecular formula is C17H13F2NO3. The number of nitrogens with one attached hydrogen (secondary N) is 1. The van der Waals surface area contributed by atoms with E-state index in [2.05, 4.69) is 5.32 Å². The average Bonchev–Trinajstić information content (AvgIpc) is 2.52. The summed E-state index contributed by atoms with van der Waals surface area (Å²) in [5, 5.41) is 2.38. The highest BCUT2D eigenvalue weighted by molar-refractivity contribution is 5.94. The van der Waals surface area contributed by atoms with Crippen molar-refractivity contribution in [2.24, 2.45) is 0 Å². The molecule has 0 fully saturated rings. The number of carbonyl (C=O) groups is 2. The Morgan fingerprint density at radius 3 is 2.61 bits per heavy atom. The van der Waals surface area contributed by atoms with Crippen LogP contribution in [0.2, 0.25) is 0 Å². The molecule has 2 rings (SSSR count). The van der Waals surface area contributed by atoms with Crippen molar-refractivity contribution in [2.75, 3.05) is 11.9 Å². The summed E-state index contributed by atoms with van der Waals surface area (Å²) in [6.45, 7) is -0.531. The van der Waals surface area contributed by atoms with Crippen LogP contribution in [0, 0.1) is 11.6 Å². The van der Waals surface area contributed by atoms with E-state index in [9.17, 15) is 18.4 Å². The van der Waals surface area contributed by atoms with Gasteiger partial charge in [0.25, 0.3) is 5.91 Å². The third kappa shape index (κ3) is 5.35. The van der Waals surface area contributed by atoms with Gasteiger partial charge in [-0.2, -0.15) is 0 Å². The smallest absolute Gasteiger partial charge is 0.331 e. The van der Waals surface area contributed by atoms with Gasteiger partial charge in [0, 0.05) is 17.3 Å². The molecule has 1 N–H and O–H groups in total. The Bertz CT molecular complexity index is 744. The summed E-state index contributed by atoms with van der Waals surface area (Å²) in [6, 6.07) is 11.2. The van der Waals surface area contributed by atoms with Crippen LogP contribution in [0.1, 0.15) is 5.56 Å². The number of esters is 1. The van der Waals surface area contributed by atoms with Gasteiger partial charge in [-0.1, -0.05) is 24.3 Å². The second kappa shape index (κ2) is 7.84. The van der Waals surface area contributed by atoms with Crippen LogP contribution in [0.25, 0.3) is 6.08 Å². The Kier molecular flexibility index (Phi) is 5.57. The van der Waals surface area contributed by atoms with Gasteiger partial charge in [-0.3, -0.25) is 4.79 Å². The molecule has 118 valence electrons. The highest BCUT2D eigenvalue weighted by Crippen LogP contribution is 2.09. The molecule has 0 spiro atoms. The van der Waals surface area contributed by atoms with E-state index in [0.717, 1.165) is 12.1 Å². The monoisotopic (exact) mass is 317 g/mol. The quantitative estimate of drug-likeness (QED) is 0.681. The van der Waals surface area contributed by atoms with Crippen molar-refractivity contribution in [1.29, 1.82) is 0 Å². The number of benzene rings is 2. The zero-order valence-electron chi connectivity index (χ0n) is 12.0. The second-order valence-corrected chi connectivity index (χ2v) is 4.52. The molecule has 1 amide bonds. The fraction of sp³-hybridized carbons (Fsp3) is 0.0588. The number of hydrogen-bond acceptors (Lipinski definition) is 3. The van der Waals surface area contributed by atoms with Crippen molar-refractivity contribution in [3.05, 3.63) is 71.8 Å². The fourth-order valence-corrected chi connectivity index (χ4v) is 1.72. The van der Waals surface area contributed by atoms with Crippen LogP contribution in [0.15, 0.2) is 54.6 Å². The molecular weight excluding hydrogens is 304 g/mol. The summed E-state index contributed by atoms with van der Waals surface area (Å²) in [7, 11) is 0. The van der Waals surface area contributed by atoms with Crippen molar-refractivity contribution in [1.82, 2.24) is 0 Å². The largest absolute Gasteiger partial charge is 0.452 e. The molecule has 2 aromatic carbocycles. The summed E-state index contributed by atoms with van der Waals surface area (Å²) in [5.74, 6) is -2.36. The van der Waals surface area contributed by atoms with Gasteiger partial charge in [0.2, 0.25) is 0 Å². The van der Waals surface area contributed by atoms with Crippen molar-refractivity contribution in [3.8, 4) is 0 Å². The SMILES string of the molecule is O=C(COC(=O)/C=C/c1ccccc1F)Nc1cccc(F)c1. The number of hydrogen-bond donors (Lipinski definition) is 1. The highest BCUT2D eigenvalue weighted by Gasteiger charge is 2.06. The number of carbonyl (C=O) groups excluding carboxylic acids is 2. The predicted molar refractivity (Wildman–Crippen MR) is 81.4 cm³/mol. The first kappa shape index (κ1) is 16.4. The molecule has 0 heterocycles. The summed E-state index contributed by atoms with van der Waals surface area (Å²) in [4.78, 5) is 23.0. The van der Waals surface area contributed by atoms with Crippen LogP contribution in [-0.2, 0) is 14.3 Å². The zero-order chi connectivity index (χ0) is 16.7.